The molecule has 55 heavy (non-hydrogen) atoms. The van der Waals surface area contributed by atoms with E-state index in [0.29, 0.717) is 19.3 Å². The van der Waals surface area contributed by atoms with Gasteiger partial charge in [0, 0.05) is 19.3 Å². The zero-order chi connectivity index (χ0) is 40.1. The fourth-order valence-corrected chi connectivity index (χ4v) is 6.24. The van der Waals surface area contributed by atoms with Crippen LogP contribution in [0.5, 0.6) is 0 Å². The van der Waals surface area contributed by atoms with Crippen LogP contribution in [0.3, 0.4) is 0 Å². The van der Waals surface area contributed by atoms with E-state index in [2.05, 4.69) is 26.8 Å². The molecule has 0 aliphatic heterocycles. The third kappa shape index (κ3) is 42.1. The lowest BCUT2D eigenvalue weighted by atomic mass is 10.0. The number of ether oxygens (including phenoxy) is 3. The highest BCUT2D eigenvalue weighted by molar-refractivity contribution is 5.71. The molecule has 0 aliphatic rings. The Morgan fingerprint density at radius 1 is 0.382 bits per heavy atom. The first kappa shape index (κ1) is 52.1. The van der Waals surface area contributed by atoms with Crippen molar-refractivity contribution < 1.29 is 28.6 Å². The molecule has 0 amide bonds. The van der Waals surface area contributed by atoms with Gasteiger partial charge in [-0.1, -0.05) is 223 Å². The zero-order valence-corrected chi connectivity index (χ0v) is 35.9. The molecule has 0 aromatic rings. The average molecular weight is 769 g/mol. The smallest absolute Gasteiger partial charge is 0.306 e. The summed E-state index contributed by atoms with van der Waals surface area (Å²) in [5.41, 5.74) is 0. The third-order valence-corrected chi connectivity index (χ3v) is 9.66. The Balaban J connectivity index is 4.48. The highest BCUT2D eigenvalue weighted by Crippen LogP contribution is 2.15. The quantitative estimate of drug-likeness (QED) is 0.0267. The van der Waals surface area contributed by atoms with Gasteiger partial charge in [0.15, 0.2) is 6.10 Å². The first-order valence-corrected chi connectivity index (χ1v) is 22.9. The minimum absolute atomic E-state index is 0.0940. The summed E-state index contributed by atoms with van der Waals surface area (Å²) < 4.78 is 16.6. The van der Waals surface area contributed by atoms with Gasteiger partial charge in [-0.05, 0) is 32.1 Å². The molecule has 1 unspecified atom stereocenters. The van der Waals surface area contributed by atoms with E-state index in [0.717, 1.165) is 51.4 Å². The van der Waals surface area contributed by atoms with Crippen LogP contribution in [0, 0.1) is 0 Å². The third-order valence-electron chi connectivity index (χ3n) is 9.66. The molecule has 6 nitrogen and oxygen atoms in total. The lowest BCUT2D eigenvalue weighted by molar-refractivity contribution is -0.167. The van der Waals surface area contributed by atoms with Crippen molar-refractivity contribution in [3.63, 3.8) is 0 Å². The van der Waals surface area contributed by atoms with E-state index in [1.807, 2.05) is 54.7 Å². The fourth-order valence-electron chi connectivity index (χ4n) is 6.24. The minimum Gasteiger partial charge on any atom is -0.462 e. The van der Waals surface area contributed by atoms with Gasteiger partial charge >= 0.3 is 17.9 Å². The molecule has 0 aromatic carbocycles. The van der Waals surface area contributed by atoms with Crippen LogP contribution in [0.15, 0.2) is 60.8 Å². The van der Waals surface area contributed by atoms with Crippen molar-refractivity contribution in [2.45, 2.75) is 219 Å². The molecule has 0 N–H and O–H groups in total. The van der Waals surface area contributed by atoms with E-state index < -0.39 is 6.10 Å². The molecular formula is C49H84O6. The summed E-state index contributed by atoms with van der Waals surface area (Å²) in [6.45, 7) is 6.41. The highest BCUT2D eigenvalue weighted by Gasteiger charge is 2.19. The number of allylic oxidation sites excluding steroid dienone is 10. The van der Waals surface area contributed by atoms with Gasteiger partial charge in [-0.3, -0.25) is 14.4 Å². The Morgan fingerprint density at radius 3 is 1.11 bits per heavy atom. The number of rotatable bonds is 40. The normalized spacial score (nSPS) is 12.6. The molecule has 0 bridgehead atoms. The van der Waals surface area contributed by atoms with Crippen molar-refractivity contribution in [3.05, 3.63) is 60.8 Å². The molecular weight excluding hydrogens is 685 g/mol. The second kappa shape index (κ2) is 43.8. The Labute approximate surface area is 339 Å². The van der Waals surface area contributed by atoms with Gasteiger partial charge in [0.2, 0.25) is 0 Å². The highest BCUT2D eigenvalue weighted by atomic mass is 16.6. The standard InChI is InChI=1S/C49H84O6/c1-4-7-10-13-16-19-22-24-27-30-33-36-39-42-48(51)54-45-46(44-53-47(50)41-38-35-32-29-26-21-18-15-12-9-6-3)55-49(52)43-40-37-34-31-28-25-23-20-17-14-11-8-5-2/h7,10,13,16,19,22,24,27,30,33,46H,4-6,8-9,11-12,14-15,17-18,20-21,23,25-26,28-29,31-32,34-45H2,1-3H3/b10-7-,16-13-,22-19-,27-24-,33-30-. The van der Waals surface area contributed by atoms with Crippen molar-refractivity contribution in [2.24, 2.45) is 0 Å². The maximum atomic E-state index is 12.7. The zero-order valence-electron chi connectivity index (χ0n) is 35.9. The molecule has 0 saturated heterocycles. The topological polar surface area (TPSA) is 78.9 Å². The molecule has 0 heterocycles. The maximum Gasteiger partial charge on any atom is 0.306 e. The van der Waals surface area contributed by atoms with E-state index >= 15 is 0 Å². The van der Waals surface area contributed by atoms with Crippen molar-refractivity contribution >= 4 is 17.9 Å². The summed E-state index contributed by atoms with van der Waals surface area (Å²) in [6, 6.07) is 0. The summed E-state index contributed by atoms with van der Waals surface area (Å²) in [6.07, 6.45) is 52.1. The molecule has 0 aromatic heterocycles. The number of esters is 3. The maximum absolute atomic E-state index is 12.7. The predicted octanol–water partition coefficient (Wildman–Crippen LogP) is 14.5. The van der Waals surface area contributed by atoms with Crippen LogP contribution < -0.4 is 0 Å². The van der Waals surface area contributed by atoms with E-state index in [1.54, 1.807) is 0 Å². The Kier molecular flexibility index (Phi) is 41.5. The second-order valence-corrected chi connectivity index (χ2v) is 15.1. The Bertz CT molecular complexity index is 1020. The van der Waals surface area contributed by atoms with Gasteiger partial charge in [0.1, 0.15) is 13.2 Å². The van der Waals surface area contributed by atoms with Gasteiger partial charge in [-0.2, -0.15) is 0 Å². The van der Waals surface area contributed by atoms with E-state index in [-0.39, 0.29) is 37.5 Å². The van der Waals surface area contributed by atoms with Gasteiger partial charge in [0.05, 0.1) is 0 Å². The predicted molar refractivity (Wildman–Crippen MR) is 233 cm³/mol. The molecule has 0 spiro atoms. The number of hydrogen-bond acceptors (Lipinski definition) is 6. The van der Waals surface area contributed by atoms with Crippen molar-refractivity contribution in [3.8, 4) is 0 Å². The molecule has 0 radical (unpaired) electrons. The number of unbranched alkanes of at least 4 members (excludes halogenated alkanes) is 23. The first-order valence-electron chi connectivity index (χ1n) is 22.9. The van der Waals surface area contributed by atoms with Crippen LogP contribution in [-0.4, -0.2) is 37.2 Å². The van der Waals surface area contributed by atoms with Gasteiger partial charge in [-0.25, -0.2) is 0 Å². The first-order chi connectivity index (χ1) is 27.0. The summed E-state index contributed by atoms with van der Waals surface area (Å²) in [5.74, 6) is -0.972. The molecule has 0 aliphatic carbocycles. The van der Waals surface area contributed by atoms with Gasteiger partial charge in [-0.15, -0.1) is 0 Å². The molecule has 6 heteroatoms. The SMILES string of the molecule is CC\C=C/C=C\C=C/C=C\C=C/CCCC(=O)OCC(COC(=O)CCCCCCCCCCCCC)OC(=O)CCCCCCCCCCCCCCC. The van der Waals surface area contributed by atoms with Crippen molar-refractivity contribution in [1.29, 1.82) is 0 Å². The van der Waals surface area contributed by atoms with Crippen LogP contribution >= 0.6 is 0 Å². The van der Waals surface area contributed by atoms with Crippen LogP contribution in [0.25, 0.3) is 0 Å². The molecule has 0 rings (SSSR count). The summed E-state index contributed by atoms with van der Waals surface area (Å²) >= 11 is 0. The lowest BCUT2D eigenvalue weighted by Gasteiger charge is -2.18. The van der Waals surface area contributed by atoms with Crippen molar-refractivity contribution in [1.82, 2.24) is 0 Å². The molecule has 0 fully saturated rings. The van der Waals surface area contributed by atoms with E-state index in [9.17, 15) is 14.4 Å². The molecule has 0 saturated carbocycles. The summed E-state index contributed by atoms with van der Waals surface area (Å²) in [5, 5.41) is 0. The lowest BCUT2D eigenvalue weighted by Crippen LogP contribution is -2.30. The average Bonchev–Trinajstić information content (AvgIpc) is 3.18. The largest absolute Gasteiger partial charge is 0.462 e. The number of carbonyl (C=O) groups is 3. The van der Waals surface area contributed by atoms with Gasteiger partial charge < -0.3 is 14.2 Å². The number of hydrogen-bond donors (Lipinski definition) is 0. The minimum atomic E-state index is -0.796. The van der Waals surface area contributed by atoms with E-state index in [1.165, 1.54) is 116 Å². The second-order valence-electron chi connectivity index (χ2n) is 15.1. The van der Waals surface area contributed by atoms with Crippen LogP contribution in [0.2, 0.25) is 0 Å². The van der Waals surface area contributed by atoms with Crippen LogP contribution in [0.1, 0.15) is 213 Å². The Morgan fingerprint density at radius 2 is 0.709 bits per heavy atom. The van der Waals surface area contributed by atoms with E-state index in [4.69, 9.17) is 14.2 Å². The van der Waals surface area contributed by atoms with Gasteiger partial charge in [0.25, 0.3) is 0 Å². The monoisotopic (exact) mass is 769 g/mol. The number of carbonyl (C=O) groups excluding carboxylic acids is 3. The van der Waals surface area contributed by atoms with Crippen LogP contribution in [-0.2, 0) is 28.6 Å². The van der Waals surface area contributed by atoms with Crippen molar-refractivity contribution in [2.75, 3.05) is 13.2 Å². The summed E-state index contributed by atoms with van der Waals surface area (Å²) in [4.78, 5) is 37.7. The molecule has 316 valence electrons. The molecule has 1 atom stereocenters. The fraction of sp³-hybridized carbons (Fsp3) is 0.735. The Hall–Kier alpha value is -2.89. The summed E-state index contributed by atoms with van der Waals surface area (Å²) in [7, 11) is 0. The van der Waals surface area contributed by atoms with Crippen LogP contribution in [0.4, 0.5) is 0 Å².